The SMILES string of the molecule is CCn1cc(Br)c(CNC(=O)CC23CC4CC(C2)CC(n2nc([N+](=O)[O-])c(Cl)c2C)(C4)C3)n1. The number of halogens is 2. The molecule has 33 heavy (non-hydrogen) atoms. The van der Waals surface area contributed by atoms with E-state index in [1.807, 2.05) is 29.4 Å². The number of nitrogens with one attached hydrogen (secondary N) is 1. The largest absolute Gasteiger partial charge is 0.408 e. The molecule has 1 N–H and O–H groups in total. The maximum atomic E-state index is 13.1. The summed E-state index contributed by atoms with van der Waals surface area (Å²) in [5.74, 6) is 0.782. The third kappa shape index (κ3) is 3.88. The van der Waals surface area contributed by atoms with Gasteiger partial charge in [0.15, 0.2) is 5.02 Å². The predicted octanol–water partition coefficient (Wildman–Crippen LogP) is 4.73. The minimum absolute atomic E-state index is 0.0336. The lowest BCUT2D eigenvalue weighted by Crippen LogP contribution is -2.58. The van der Waals surface area contributed by atoms with E-state index in [4.69, 9.17) is 11.6 Å². The second-order valence-electron chi connectivity index (χ2n) is 10.3. The maximum Gasteiger partial charge on any atom is 0.408 e. The summed E-state index contributed by atoms with van der Waals surface area (Å²) in [6.07, 6.45) is 8.32. The second-order valence-corrected chi connectivity index (χ2v) is 11.5. The molecule has 4 aliphatic rings. The fourth-order valence-corrected chi connectivity index (χ4v) is 7.85. The van der Waals surface area contributed by atoms with Crippen LogP contribution in [0.15, 0.2) is 10.7 Å². The highest BCUT2D eigenvalue weighted by Gasteiger charge is 2.60. The van der Waals surface area contributed by atoms with Gasteiger partial charge in [0, 0.05) is 19.2 Å². The van der Waals surface area contributed by atoms with Gasteiger partial charge in [0.05, 0.1) is 33.0 Å². The van der Waals surface area contributed by atoms with Crippen molar-refractivity contribution in [1.29, 1.82) is 0 Å². The summed E-state index contributed by atoms with van der Waals surface area (Å²) in [5.41, 5.74) is 1.07. The van der Waals surface area contributed by atoms with Gasteiger partial charge < -0.3 is 15.4 Å². The van der Waals surface area contributed by atoms with Crippen molar-refractivity contribution >= 4 is 39.3 Å². The molecule has 0 aromatic carbocycles. The quantitative estimate of drug-likeness (QED) is 0.404. The summed E-state index contributed by atoms with van der Waals surface area (Å²) in [4.78, 5) is 24.0. The van der Waals surface area contributed by atoms with E-state index in [0.29, 0.717) is 30.5 Å². The first-order valence-corrected chi connectivity index (χ1v) is 12.7. The summed E-state index contributed by atoms with van der Waals surface area (Å²) in [6.45, 7) is 5.00. The molecule has 2 heterocycles. The molecule has 4 fully saturated rings. The number of rotatable bonds is 7. The van der Waals surface area contributed by atoms with Crippen LogP contribution < -0.4 is 5.32 Å². The van der Waals surface area contributed by atoms with Crippen LogP contribution >= 0.6 is 27.5 Å². The Kier molecular flexibility index (Phi) is 5.59. The highest BCUT2D eigenvalue weighted by atomic mass is 79.9. The Morgan fingerprint density at radius 2 is 2.03 bits per heavy atom. The van der Waals surface area contributed by atoms with Crippen LogP contribution in [0, 0.1) is 34.3 Å². The monoisotopic (exact) mass is 538 g/mol. The van der Waals surface area contributed by atoms with E-state index in [0.717, 1.165) is 48.8 Å². The van der Waals surface area contributed by atoms with Gasteiger partial charge in [-0.3, -0.25) is 9.48 Å². The maximum absolute atomic E-state index is 13.1. The second kappa shape index (κ2) is 8.08. The average Bonchev–Trinajstić information content (AvgIpc) is 3.24. The molecule has 2 atom stereocenters. The number of amides is 1. The molecule has 2 aromatic heterocycles. The molecule has 2 aromatic rings. The molecule has 0 aliphatic heterocycles. The summed E-state index contributed by atoms with van der Waals surface area (Å²) in [6, 6.07) is 0. The molecular weight excluding hydrogens is 512 g/mol. The number of nitro groups is 1. The zero-order chi connectivity index (χ0) is 23.5. The zero-order valence-electron chi connectivity index (χ0n) is 18.8. The first-order chi connectivity index (χ1) is 15.6. The molecule has 0 radical (unpaired) electrons. The van der Waals surface area contributed by atoms with Crippen molar-refractivity contribution in [2.45, 2.75) is 77.4 Å². The normalized spacial score (nSPS) is 30.1. The number of aromatic nitrogens is 4. The molecule has 9 nitrogen and oxygen atoms in total. The Morgan fingerprint density at radius 1 is 1.33 bits per heavy atom. The van der Waals surface area contributed by atoms with Crippen LogP contribution in [-0.4, -0.2) is 30.4 Å². The van der Waals surface area contributed by atoms with E-state index in [1.54, 1.807) is 0 Å². The minimum Gasteiger partial charge on any atom is -0.358 e. The lowest BCUT2D eigenvalue weighted by Gasteiger charge is -2.61. The van der Waals surface area contributed by atoms with Gasteiger partial charge >= 0.3 is 5.82 Å². The van der Waals surface area contributed by atoms with Crippen molar-refractivity contribution in [2.24, 2.45) is 17.3 Å². The standard InChI is InChI=1S/C22H28BrClN6O3/c1-3-28-11-16(23)17(26-28)10-25-18(31)9-21-5-14-4-15(6-21)8-22(7-14,12-21)29-13(2)19(24)20(27-29)30(32)33/h11,14-15H,3-10,12H2,1-2H3,(H,25,31). The Hall–Kier alpha value is -1.94. The van der Waals surface area contributed by atoms with Gasteiger partial charge in [-0.25, -0.2) is 0 Å². The van der Waals surface area contributed by atoms with E-state index in [9.17, 15) is 14.9 Å². The molecule has 1 amide bonds. The highest BCUT2D eigenvalue weighted by molar-refractivity contribution is 9.10. The van der Waals surface area contributed by atoms with Crippen molar-refractivity contribution in [1.82, 2.24) is 24.9 Å². The summed E-state index contributed by atoms with van der Waals surface area (Å²) in [5, 5.41) is 23.5. The first-order valence-electron chi connectivity index (χ1n) is 11.5. The molecule has 4 saturated carbocycles. The number of carbonyl (C=O) groups excluding carboxylic acids is 1. The molecule has 6 rings (SSSR count). The van der Waals surface area contributed by atoms with Crippen LogP contribution in [0.25, 0.3) is 0 Å². The lowest BCUT2D eigenvalue weighted by atomic mass is 9.46. The fraction of sp³-hybridized carbons (Fsp3) is 0.682. The van der Waals surface area contributed by atoms with Gasteiger partial charge in [0.2, 0.25) is 5.91 Å². The highest BCUT2D eigenvalue weighted by Crippen LogP contribution is 2.65. The molecule has 4 aliphatic carbocycles. The number of hydrogen-bond donors (Lipinski definition) is 1. The number of aryl methyl sites for hydroxylation is 1. The smallest absolute Gasteiger partial charge is 0.358 e. The third-order valence-electron chi connectivity index (χ3n) is 7.90. The molecule has 2 unspecified atom stereocenters. The third-order valence-corrected chi connectivity index (χ3v) is 9.00. The van der Waals surface area contributed by atoms with Crippen LogP contribution in [0.3, 0.4) is 0 Å². The zero-order valence-corrected chi connectivity index (χ0v) is 21.2. The van der Waals surface area contributed by atoms with E-state index < -0.39 is 4.92 Å². The summed E-state index contributed by atoms with van der Waals surface area (Å²) >= 11 is 9.81. The Bertz CT molecular complexity index is 1110. The van der Waals surface area contributed by atoms with E-state index >= 15 is 0 Å². The van der Waals surface area contributed by atoms with Crippen molar-refractivity contribution in [2.75, 3.05) is 0 Å². The van der Waals surface area contributed by atoms with Crippen molar-refractivity contribution in [3.05, 3.63) is 37.2 Å². The molecule has 11 heteroatoms. The number of nitrogens with zero attached hydrogens (tertiary/aromatic N) is 5. The van der Waals surface area contributed by atoms with Gasteiger partial charge in [-0.1, -0.05) is 11.6 Å². The van der Waals surface area contributed by atoms with Gasteiger partial charge in [-0.05, 0) is 90.5 Å². The molecule has 4 bridgehead atoms. The van der Waals surface area contributed by atoms with Crippen molar-refractivity contribution < 1.29 is 9.72 Å². The molecule has 0 spiro atoms. The van der Waals surface area contributed by atoms with Gasteiger partial charge in [-0.15, -0.1) is 0 Å². The number of carbonyl (C=O) groups is 1. The average molecular weight is 540 g/mol. The van der Waals surface area contributed by atoms with Gasteiger partial charge in [0.25, 0.3) is 0 Å². The van der Waals surface area contributed by atoms with Crippen LogP contribution in [0.5, 0.6) is 0 Å². The first kappa shape index (κ1) is 22.8. The van der Waals surface area contributed by atoms with Crippen LogP contribution in [0.2, 0.25) is 5.02 Å². The summed E-state index contributed by atoms with van der Waals surface area (Å²) in [7, 11) is 0. The lowest BCUT2D eigenvalue weighted by molar-refractivity contribution is -0.389. The van der Waals surface area contributed by atoms with Crippen LogP contribution in [0.4, 0.5) is 5.82 Å². The molecule has 178 valence electrons. The van der Waals surface area contributed by atoms with E-state index in [2.05, 4.69) is 31.4 Å². The number of hydrogen-bond acceptors (Lipinski definition) is 5. The van der Waals surface area contributed by atoms with Crippen molar-refractivity contribution in [3.8, 4) is 0 Å². The topological polar surface area (TPSA) is 108 Å². The van der Waals surface area contributed by atoms with Gasteiger partial charge in [-0.2, -0.15) is 9.78 Å². The Balaban J connectivity index is 1.36. The molecule has 0 saturated heterocycles. The minimum atomic E-state index is -0.506. The van der Waals surface area contributed by atoms with Crippen LogP contribution in [0.1, 0.15) is 63.3 Å². The van der Waals surface area contributed by atoms with Crippen LogP contribution in [-0.2, 0) is 23.4 Å². The predicted molar refractivity (Wildman–Crippen MR) is 126 cm³/mol. The van der Waals surface area contributed by atoms with E-state index in [-0.39, 0.29) is 27.7 Å². The van der Waals surface area contributed by atoms with Gasteiger partial charge in [0.1, 0.15) is 0 Å². The molecular formula is C22H28BrClN6O3. The summed E-state index contributed by atoms with van der Waals surface area (Å²) < 4.78 is 4.57. The Labute approximate surface area is 205 Å². The van der Waals surface area contributed by atoms with E-state index in [1.165, 1.54) is 6.42 Å². The fourth-order valence-electron chi connectivity index (χ4n) is 7.21. The Morgan fingerprint density at radius 3 is 2.61 bits per heavy atom. The van der Waals surface area contributed by atoms with Crippen molar-refractivity contribution in [3.63, 3.8) is 0 Å².